The summed E-state index contributed by atoms with van der Waals surface area (Å²) in [5.41, 5.74) is 6.68. The lowest BCUT2D eigenvalue weighted by Gasteiger charge is -2.11. The molecule has 0 spiro atoms. The van der Waals surface area contributed by atoms with Crippen LogP contribution in [0.5, 0.6) is 0 Å². The standard InChI is InChI=1S/C12H18BrN3O/c1-8(2)15-5-6-16-9-3-4-10(12(14)17)11(13)7-9/h3-4,7-8,15-16H,5-6H2,1-2H3,(H2,14,17). The lowest BCUT2D eigenvalue weighted by molar-refractivity contribution is 0.0999. The molecule has 0 radical (unpaired) electrons. The predicted molar refractivity (Wildman–Crippen MR) is 74.3 cm³/mol. The smallest absolute Gasteiger partial charge is 0.249 e. The predicted octanol–water partition coefficient (Wildman–Crippen LogP) is 1.96. The fourth-order valence-electron chi connectivity index (χ4n) is 1.39. The van der Waals surface area contributed by atoms with Crippen molar-refractivity contribution < 1.29 is 4.79 Å². The largest absolute Gasteiger partial charge is 0.384 e. The summed E-state index contributed by atoms with van der Waals surface area (Å²) < 4.78 is 0.715. The highest BCUT2D eigenvalue weighted by Gasteiger charge is 2.06. The van der Waals surface area contributed by atoms with Crippen LogP contribution in [0, 0.1) is 0 Å². The molecule has 1 aromatic rings. The summed E-state index contributed by atoms with van der Waals surface area (Å²) in [4.78, 5) is 11.0. The Morgan fingerprint density at radius 1 is 1.41 bits per heavy atom. The summed E-state index contributed by atoms with van der Waals surface area (Å²) in [5.74, 6) is -0.426. The van der Waals surface area contributed by atoms with Gasteiger partial charge in [-0.1, -0.05) is 13.8 Å². The van der Waals surface area contributed by atoms with Crippen LogP contribution in [0.3, 0.4) is 0 Å². The van der Waals surface area contributed by atoms with Crippen molar-refractivity contribution in [3.63, 3.8) is 0 Å². The van der Waals surface area contributed by atoms with Crippen molar-refractivity contribution >= 4 is 27.5 Å². The number of hydrogen-bond acceptors (Lipinski definition) is 3. The maximum atomic E-state index is 11.0. The van der Waals surface area contributed by atoms with Gasteiger partial charge in [0.05, 0.1) is 5.56 Å². The SMILES string of the molecule is CC(C)NCCNc1ccc(C(N)=O)c(Br)c1. The van der Waals surface area contributed by atoms with Crippen molar-refractivity contribution in [3.8, 4) is 0 Å². The molecular weight excluding hydrogens is 282 g/mol. The van der Waals surface area contributed by atoms with Gasteiger partial charge in [-0.25, -0.2) is 0 Å². The summed E-state index contributed by atoms with van der Waals surface area (Å²) in [5, 5.41) is 6.57. The molecule has 94 valence electrons. The Morgan fingerprint density at radius 3 is 2.65 bits per heavy atom. The molecule has 4 nitrogen and oxygen atoms in total. The summed E-state index contributed by atoms with van der Waals surface area (Å²) in [6.07, 6.45) is 0. The molecule has 0 aromatic heterocycles. The van der Waals surface area contributed by atoms with Crippen molar-refractivity contribution in [2.75, 3.05) is 18.4 Å². The number of hydrogen-bond donors (Lipinski definition) is 3. The van der Waals surface area contributed by atoms with Crippen LogP contribution in [0.4, 0.5) is 5.69 Å². The third-order valence-corrected chi connectivity index (χ3v) is 2.90. The highest BCUT2D eigenvalue weighted by atomic mass is 79.9. The first kappa shape index (κ1) is 14.0. The first-order valence-corrected chi connectivity index (χ1v) is 6.36. The van der Waals surface area contributed by atoms with E-state index in [0.29, 0.717) is 16.1 Å². The number of rotatable bonds is 6. The average Bonchev–Trinajstić information content (AvgIpc) is 2.23. The third kappa shape index (κ3) is 4.75. The molecule has 0 aliphatic heterocycles. The van der Waals surface area contributed by atoms with Crippen LogP contribution in [0.15, 0.2) is 22.7 Å². The quantitative estimate of drug-likeness (QED) is 0.704. The minimum Gasteiger partial charge on any atom is -0.384 e. The summed E-state index contributed by atoms with van der Waals surface area (Å²) in [6.45, 7) is 5.95. The average molecular weight is 300 g/mol. The van der Waals surface area contributed by atoms with Crippen LogP contribution >= 0.6 is 15.9 Å². The number of nitrogens with two attached hydrogens (primary N) is 1. The number of amides is 1. The molecule has 0 unspecified atom stereocenters. The number of nitrogens with one attached hydrogen (secondary N) is 2. The molecule has 0 aliphatic rings. The molecule has 0 bridgehead atoms. The molecule has 4 N–H and O–H groups in total. The number of carbonyl (C=O) groups excluding carboxylic acids is 1. The van der Waals surface area contributed by atoms with Gasteiger partial charge in [0.25, 0.3) is 0 Å². The van der Waals surface area contributed by atoms with E-state index in [1.807, 2.05) is 12.1 Å². The highest BCUT2D eigenvalue weighted by Crippen LogP contribution is 2.20. The molecular formula is C12H18BrN3O. The van der Waals surface area contributed by atoms with Gasteiger partial charge in [-0.3, -0.25) is 4.79 Å². The van der Waals surface area contributed by atoms with E-state index in [9.17, 15) is 4.79 Å². The molecule has 17 heavy (non-hydrogen) atoms. The molecule has 1 rings (SSSR count). The zero-order valence-corrected chi connectivity index (χ0v) is 11.7. The fourth-order valence-corrected chi connectivity index (χ4v) is 1.97. The Labute approximate surface area is 110 Å². The van der Waals surface area contributed by atoms with Crippen molar-refractivity contribution in [2.24, 2.45) is 5.73 Å². The first-order chi connectivity index (χ1) is 8.00. The van der Waals surface area contributed by atoms with Gasteiger partial charge in [-0.2, -0.15) is 0 Å². The van der Waals surface area contributed by atoms with Crippen LogP contribution in [0.1, 0.15) is 24.2 Å². The van der Waals surface area contributed by atoms with E-state index in [0.717, 1.165) is 18.8 Å². The summed E-state index contributed by atoms with van der Waals surface area (Å²) in [6, 6.07) is 5.90. The van der Waals surface area contributed by atoms with Gasteiger partial charge < -0.3 is 16.4 Å². The van der Waals surface area contributed by atoms with Gasteiger partial charge in [0.2, 0.25) is 5.91 Å². The second-order valence-corrected chi connectivity index (χ2v) is 4.95. The minimum absolute atomic E-state index is 0.426. The molecule has 1 amide bonds. The van der Waals surface area contributed by atoms with E-state index < -0.39 is 5.91 Å². The van der Waals surface area contributed by atoms with Crippen molar-refractivity contribution in [1.29, 1.82) is 0 Å². The molecule has 0 fully saturated rings. The van der Waals surface area contributed by atoms with Gasteiger partial charge in [0.1, 0.15) is 0 Å². The zero-order valence-electron chi connectivity index (χ0n) is 10.1. The van der Waals surface area contributed by atoms with Crippen molar-refractivity contribution in [2.45, 2.75) is 19.9 Å². The van der Waals surface area contributed by atoms with Crippen molar-refractivity contribution in [3.05, 3.63) is 28.2 Å². The molecule has 0 aliphatic carbocycles. The van der Waals surface area contributed by atoms with E-state index >= 15 is 0 Å². The fraction of sp³-hybridized carbons (Fsp3) is 0.417. The number of carbonyl (C=O) groups is 1. The number of halogens is 1. The summed E-state index contributed by atoms with van der Waals surface area (Å²) >= 11 is 3.32. The van der Waals surface area contributed by atoms with Crippen LogP contribution in [-0.2, 0) is 0 Å². The van der Waals surface area contributed by atoms with Gasteiger partial charge in [0, 0.05) is 29.3 Å². The second kappa shape index (κ2) is 6.61. The second-order valence-electron chi connectivity index (χ2n) is 4.09. The number of benzene rings is 1. The molecule has 5 heteroatoms. The highest BCUT2D eigenvalue weighted by molar-refractivity contribution is 9.10. The Kier molecular flexibility index (Phi) is 5.44. The Bertz CT molecular complexity index is 393. The number of primary amides is 1. The molecule has 0 atom stereocenters. The zero-order chi connectivity index (χ0) is 12.8. The van der Waals surface area contributed by atoms with Gasteiger partial charge >= 0.3 is 0 Å². The number of anilines is 1. The maximum absolute atomic E-state index is 11.0. The maximum Gasteiger partial charge on any atom is 0.249 e. The van der Waals surface area contributed by atoms with E-state index in [2.05, 4.69) is 40.4 Å². The summed E-state index contributed by atoms with van der Waals surface area (Å²) in [7, 11) is 0. The Morgan fingerprint density at radius 2 is 2.12 bits per heavy atom. The van der Waals surface area contributed by atoms with Crippen molar-refractivity contribution in [1.82, 2.24) is 5.32 Å². The Balaban J connectivity index is 2.50. The molecule has 0 saturated carbocycles. The van der Waals surface area contributed by atoms with Gasteiger partial charge in [-0.15, -0.1) is 0 Å². The minimum atomic E-state index is -0.426. The van der Waals surface area contributed by atoms with Crippen LogP contribution in [-0.4, -0.2) is 25.0 Å². The first-order valence-electron chi connectivity index (χ1n) is 5.57. The van der Waals surface area contributed by atoms with Gasteiger partial charge in [0.15, 0.2) is 0 Å². The normalized spacial score (nSPS) is 10.6. The lowest BCUT2D eigenvalue weighted by atomic mass is 10.2. The van der Waals surface area contributed by atoms with E-state index in [4.69, 9.17) is 5.73 Å². The molecule has 0 saturated heterocycles. The Hall–Kier alpha value is -1.07. The third-order valence-electron chi connectivity index (χ3n) is 2.24. The van der Waals surface area contributed by atoms with Crippen LogP contribution < -0.4 is 16.4 Å². The van der Waals surface area contributed by atoms with E-state index in [1.165, 1.54) is 0 Å². The topological polar surface area (TPSA) is 67.2 Å². The van der Waals surface area contributed by atoms with Crippen LogP contribution in [0.25, 0.3) is 0 Å². The monoisotopic (exact) mass is 299 g/mol. The van der Waals surface area contributed by atoms with E-state index in [1.54, 1.807) is 6.07 Å². The van der Waals surface area contributed by atoms with Crippen LogP contribution in [0.2, 0.25) is 0 Å². The molecule has 1 aromatic carbocycles. The van der Waals surface area contributed by atoms with Gasteiger partial charge in [-0.05, 0) is 34.1 Å². The lowest BCUT2D eigenvalue weighted by Crippen LogP contribution is -2.28. The molecule has 0 heterocycles. The van der Waals surface area contributed by atoms with E-state index in [-0.39, 0.29) is 0 Å².